The van der Waals surface area contributed by atoms with Crippen LogP contribution in [0.25, 0.3) is 10.9 Å². The maximum absolute atomic E-state index is 12.9. The van der Waals surface area contributed by atoms with Gasteiger partial charge in [-0.1, -0.05) is 43.2 Å². The van der Waals surface area contributed by atoms with Gasteiger partial charge in [-0.25, -0.2) is 4.98 Å². The molecule has 0 spiro atoms. The van der Waals surface area contributed by atoms with Crippen molar-refractivity contribution in [2.45, 2.75) is 74.9 Å². The number of rotatable bonds is 5. The van der Waals surface area contributed by atoms with Crippen LogP contribution in [-0.2, 0) is 4.79 Å². The van der Waals surface area contributed by atoms with Gasteiger partial charge in [-0.05, 0) is 45.7 Å². The third-order valence-electron chi connectivity index (χ3n) is 5.23. The predicted octanol–water partition coefficient (Wildman–Crippen LogP) is 3.80. The Morgan fingerprint density at radius 3 is 2.57 bits per heavy atom. The molecule has 1 amide bonds. The highest BCUT2D eigenvalue weighted by molar-refractivity contribution is 8.00. The lowest BCUT2D eigenvalue weighted by Crippen LogP contribution is -2.51. The minimum Gasteiger partial charge on any atom is -0.337 e. The number of hydrogen-bond acceptors (Lipinski definition) is 5. The number of para-hydroxylation sites is 1. The minimum atomic E-state index is -0.765. The van der Waals surface area contributed by atoms with Crippen LogP contribution in [0, 0.1) is 11.3 Å². The fourth-order valence-electron chi connectivity index (χ4n) is 3.63. The largest absolute Gasteiger partial charge is 0.337 e. The molecule has 148 valence electrons. The molecule has 1 saturated carbocycles. The zero-order valence-electron chi connectivity index (χ0n) is 16.6. The van der Waals surface area contributed by atoms with Crippen LogP contribution in [0.1, 0.15) is 58.9 Å². The van der Waals surface area contributed by atoms with Gasteiger partial charge in [0.2, 0.25) is 5.91 Å². The fraction of sp³-hybridized carbons (Fsp3) is 0.524. The summed E-state index contributed by atoms with van der Waals surface area (Å²) in [4.78, 5) is 30.4. The van der Waals surface area contributed by atoms with Gasteiger partial charge in [0.15, 0.2) is 5.16 Å². The molecule has 7 heteroatoms. The third-order valence-corrected chi connectivity index (χ3v) is 6.29. The molecule has 1 heterocycles. The average molecular weight is 399 g/mol. The summed E-state index contributed by atoms with van der Waals surface area (Å²) in [6.07, 6.45) is 4.39. The Balaban J connectivity index is 1.87. The topological polar surface area (TPSA) is 87.8 Å². The molecule has 1 aliphatic carbocycles. The first kappa shape index (κ1) is 20.4. The van der Waals surface area contributed by atoms with E-state index in [-0.39, 0.29) is 17.5 Å². The van der Waals surface area contributed by atoms with Gasteiger partial charge in [0, 0.05) is 6.04 Å². The average Bonchev–Trinajstić information content (AvgIpc) is 2.68. The van der Waals surface area contributed by atoms with Gasteiger partial charge in [0.1, 0.15) is 5.54 Å². The smallest absolute Gasteiger partial charge is 0.262 e. The summed E-state index contributed by atoms with van der Waals surface area (Å²) in [5.41, 5.74) is -0.240. The summed E-state index contributed by atoms with van der Waals surface area (Å²) in [6, 6.07) is 9.49. The highest BCUT2D eigenvalue weighted by atomic mass is 32.2. The minimum absolute atomic E-state index is 0.0776. The highest BCUT2D eigenvalue weighted by Crippen LogP contribution is 2.29. The normalized spacial score (nSPS) is 17.2. The molecule has 28 heavy (non-hydrogen) atoms. The van der Waals surface area contributed by atoms with E-state index in [1.807, 2.05) is 32.0 Å². The summed E-state index contributed by atoms with van der Waals surface area (Å²) >= 11 is 1.26. The number of thioether (sulfide) groups is 1. The molecule has 2 aromatic rings. The van der Waals surface area contributed by atoms with Gasteiger partial charge in [0.05, 0.1) is 22.2 Å². The lowest BCUT2D eigenvalue weighted by Gasteiger charge is -2.32. The van der Waals surface area contributed by atoms with Gasteiger partial charge in [-0.3, -0.25) is 14.2 Å². The first-order valence-corrected chi connectivity index (χ1v) is 10.7. The second-order valence-electron chi connectivity index (χ2n) is 7.68. The van der Waals surface area contributed by atoms with Crippen LogP contribution < -0.4 is 10.9 Å². The lowest BCUT2D eigenvalue weighted by molar-refractivity contribution is -0.121. The van der Waals surface area contributed by atoms with Crippen LogP contribution in [-0.4, -0.2) is 26.2 Å². The van der Waals surface area contributed by atoms with Gasteiger partial charge in [0.25, 0.3) is 5.56 Å². The van der Waals surface area contributed by atoms with E-state index in [2.05, 4.69) is 16.4 Å². The Morgan fingerprint density at radius 1 is 1.25 bits per heavy atom. The molecule has 0 radical (unpaired) electrons. The number of nitrogens with zero attached hydrogens (tertiary/aromatic N) is 3. The number of carbonyl (C=O) groups is 1. The van der Waals surface area contributed by atoms with E-state index in [1.165, 1.54) is 11.8 Å². The molecule has 6 nitrogen and oxygen atoms in total. The molecule has 3 rings (SSSR count). The summed E-state index contributed by atoms with van der Waals surface area (Å²) in [7, 11) is 0. The number of fused-ring (bicyclic) bond motifs is 1. The van der Waals surface area contributed by atoms with Crippen LogP contribution in [0.2, 0.25) is 0 Å². The molecule has 1 fully saturated rings. The zero-order valence-corrected chi connectivity index (χ0v) is 17.4. The number of benzene rings is 1. The molecule has 0 saturated heterocycles. The van der Waals surface area contributed by atoms with Crippen molar-refractivity contribution < 1.29 is 4.79 Å². The van der Waals surface area contributed by atoms with Crippen LogP contribution in [0.4, 0.5) is 0 Å². The molecule has 1 atom stereocenters. The van der Waals surface area contributed by atoms with Crippen molar-refractivity contribution in [2.24, 2.45) is 0 Å². The van der Waals surface area contributed by atoms with Crippen LogP contribution in [0.15, 0.2) is 34.2 Å². The van der Waals surface area contributed by atoms with E-state index in [1.54, 1.807) is 17.6 Å². The molecular formula is C21H26N4O2S. The second kappa shape index (κ2) is 8.36. The van der Waals surface area contributed by atoms with E-state index in [0.29, 0.717) is 28.9 Å². The maximum atomic E-state index is 12.9. The number of hydrogen-bond donors (Lipinski definition) is 1. The SMILES string of the molecule is CC(Sc1nc2ccccc2c(=O)n1C(C)C)C(=O)NC1(C#N)CCCCC1. The number of nitriles is 1. The highest BCUT2D eigenvalue weighted by Gasteiger charge is 2.35. The van der Waals surface area contributed by atoms with E-state index in [4.69, 9.17) is 0 Å². The molecule has 0 bridgehead atoms. The molecule has 0 aliphatic heterocycles. The first-order valence-electron chi connectivity index (χ1n) is 9.78. The van der Waals surface area contributed by atoms with Crippen molar-refractivity contribution in [3.8, 4) is 6.07 Å². The monoisotopic (exact) mass is 398 g/mol. The molecule has 1 aliphatic rings. The van der Waals surface area contributed by atoms with Gasteiger partial charge >= 0.3 is 0 Å². The van der Waals surface area contributed by atoms with E-state index >= 15 is 0 Å². The predicted molar refractivity (Wildman–Crippen MR) is 111 cm³/mol. The third kappa shape index (κ3) is 4.07. The van der Waals surface area contributed by atoms with Crippen molar-refractivity contribution >= 4 is 28.6 Å². The Bertz CT molecular complexity index is 971. The fourth-order valence-corrected chi connectivity index (χ4v) is 4.67. The van der Waals surface area contributed by atoms with Gasteiger partial charge < -0.3 is 5.32 Å². The van der Waals surface area contributed by atoms with E-state index in [0.717, 1.165) is 19.3 Å². The van der Waals surface area contributed by atoms with Crippen molar-refractivity contribution in [3.63, 3.8) is 0 Å². The molecule has 1 aromatic heterocycles. The van der Waals surface area contributed by atoms with Gasteiger partial charge in [-0.2, -0.15) is 5.26 Å². The molecule has 1 unspecified atom stereocenters. The van der Waals surface area contributed by atoms with Crippen LogP contribution in [0.3, 0.4) is 0 Å². The number of amides is 1. The van der Waals surface area contributed by atoms with Crippen molar-refractivity contribution in [1.29, 1.82) is 5.26 Å². The maximum Gasteiger partial charge on any atom is 0.262 e. The zero-order chi connectivity index (χ0) is 20.3. The number of aromatic nitrogens is 2. The van der Waals surface area contributed by atoms with Crippen molar-refractivity contribution in [2.75, 3.05) is 0 Å². The summed E-state index contributed by atoms with van der Waals surface area (Å²) in [6.45, 7) is 5.65. The summed E-state index contributed by atoms with van der Waals surface area (Å²) in [5.74, 6) is -0.189. The Morgan fingerprint density at radius 2 is 1.93 bits per heavy atom. The Kier molecular flexibility index (Phi) is 6.09. The van der Waals surface area contributed by atoms with Crippen LogP contribution >= 0.6 is 11.8 Å². The lowest BCUT2D eigenvalue weighted by atomic mass is 9.83. The molecular weight excluding hydrogens is 372 g/mol. The summed E-state index contributed by atoms with van der Waals surface area (Å²) < 4.78 is 1.64. The number of carbonyl (C=O) groups excluding carboxylic acids is 1. The Hall–Kier alpha value is -2.33. The van der Waals surface area contributed by atoms with Crippen molar-refractivity contribution in [1.82, 2.24) is 14.9 Å². The first-order chi connectivity index (χ1) is 13.4. The van der Waals surface area contributed by atoms with E-state index in [9.17, 15) is 14.9 Å². The Labute approximate surface area is 169 Å². The molecule has 1 aromatic carbocycles. The standard InChI is InChI=1S/C21H26N4O2S/c1-14(2)25-19(27)16-9-5-6-10-17(16)23-20(25)28-15(3)18(26)24-21(13-22)11-7-4-8-12-21/h5-6,9-10,14-15H,4,7-8,11-12H2,1-3H3,(H,24,26). The van der Waals surface area contributed by atoms with Crippen LogP contribution in [0.5, 0.6) is 0 Å². The quantitative estimate of drug-likeness (QED) is 0.611. The second-order valence-corrected chi connectivity index (χ2v) is 8.99. The van der Waals surface area contributed by atoms with E-state index < -0.39 is 10.8 Å². The number of nitrogens with one attached hydrogen (secondary N) is 1. The molecule has 1 N–H and O–H groups in total. The summed E-state index contributed by atoms with van der Waals surface area (Å²) in [5, 5.41) is 13.2. The van der Waals surface area contributed by atoms with Crippen molar-refractivity contribution in [3.05, 3.63) is 34.6 Å². The van der Waals surface area contributed by atoms with Gasteiger partial charge in [-0.15, -0.1) is 0 Å².